The molecule has 0 atom stereocenters. The summed E-state index contributed by atoms with van der Waals surface area (Å²) in [5.74, 6) is -1.11. The standard InChI is InChI=1S/C20H17ClFN3O2/c1-13(26)14-2-3-15(12-23)19(10-14)24-6-8-25(9-7-24)20(27)17-5-4-16(21)11-18(17)22/h2-5,10-11H,6-9H2,1H3. The molecule has 27 heavy (non-hydrogen) atoms. The van der Waals surface area contributed by atoms with Crippen molar-refractivity contribution in [1.29, 1.82) is 5.26 Å². The van der Waals surface area contributed by atoms with Crippen LogP contribution in [0.1, 0.15) is 33.2 Å². The molecule has 1 amide bonds. The summed E-state index contributed by atoms with van der Waals surface area (Å²) < 4.78 is 14.0. The average Bonchev–Trinajstić information content (AvgIpc) is 2.67. The highest BCUT2D eigenvalue weighted by Gasteiger charge is 2.25. The Balaban J connectivity index is 1.76. The highest BCUT2D eigenvalue weighted by Crippen LogP contribution is 2.24. The Kier molecular flexibility index (Phi) is 5.43. The Morgan fingerprint density at radius 2 is 1.81 bits per heavy atom. The van der Waals surface area contributed by atoms with E-state index in [9.17, 15) is 19.2 Å². The zero-order valence-corrected chi connectivity index (χ0v) is 15.5. The fourth-order valence-electron chi connectivity index (χ4n) is 3.09. The zero-order chi connectivity index (χ0) is 19.6. The van der Waals surface area contributed by atoms with Crippen LogP contribution in [0.4, 0.5) is 10.1 Å². The number of hydrogen-bond donors (Lipinski definition) is 0. The van der Waals surface area contributed by atoms with Gasteiger partial charge in [0.2, 0.25) is 0 Å². The van der Waals surface area contributed by atoms with Crippen LogP contribution in [0.25, 0.3) is 0 Å². The predicted molar refractivity (Wildman–Crippen MR) is 101 cm³/mol. The van der Waals surface area contributed by atoms with Crippen LogP contribution in [0.2, 0.25) is 5.02 Å². The molecule has 138 valence electrons. The molecule has 0 saturated carbocycles. The molecule has 0 spiro atoms. The molecular formula is C20H17ClFN3O2. The molecule has 1 fully saturated rings. The molecule has 5 nitrogen and oxygen atoms in total. The molecule has 7 heteroatoms. The number of rotatable bonds is 3. The molecule has 0 unspecified atom stereocenters. The van der Waals surface area contributed by atoms with Gasteiger partial charge < -0.3 is 9.80 Å². The summed E-state index contributed by atoms with van der Waals surface area (Å²) in [6.07, 6.45) is 0. The molecule has 1 heterocycles. The maximum absolute atomic E-state index is 14.0. The molecule has 0 N–H and O–H groups in total. The molecule has 1 aliphatic heterocycles. The van der Waals surface area contributed by atoms with Gasteiger partial charge in [-0.3, -0.25) is 9.59 Å². The minimum Gasteiger partial charge on any atom is -0.367 e. The second-order valence-electron chi connectivity index (χ2n) is 6.30. The van der Waals surface area contributed by atoms with Crippen molar-refractivity contribution in [3.63, 3.8) is 0 Å². The second kappa shape index (κ2) is 7.77. The molecule has 2 aromatic rings. The molecule has 0 bridgehead atoms. The summed E-state index contributed by atoms with van der Waals surface area (Å²) in [7, 11) is 0. The Morgan fingerprint density at radius 3 is 2.41 bits per heavy atom. The average molecular weight is 386 g/mol. The van der Waals surface area contributed by atoms with E-state index in [0.717, 1.165) is 6.07 Å². The van der Waals surface area contributed by atoms with E-state index in [1.54, 1.807) is 23.1 Å². The van der Waals surface area contributed by atoms with Crippen LogP contribution in [-0.2, 0) is 0 Å². The molecule has 3 rings (SSSR count). The predicted octanol–water partition coefficient (Wildman–Crippen LogP) is 3.52. The maximum Gasteiger partial charge on any atom is 0.256 e. The molecule has 1 aliphatic rings. The van der Waals surface area contributed by atoms with Crippen molar-refractivity contribution in [2.45, 2.75) is 6.92 Å². The number of piperazine rings is 1. The van der Waals surface area contributed by atoms with Gasteiger partial charge in [0.25, 0.3) is 5.91 Å². The van der Waals surface area contributed by atoms with Gasteiger partial charge in [0.05, 0.1) is 16.8 Å². The first-order valence-corrected chi connectivity index (χ1v) is 8.83. The Hall–Kier alpha value is -2.91. The number of hydrogen-bond acceptors (Lipinski definition) is 4. The van der Waals surface area contributed by atoms with Crippen LogP contribution < -0.4 is 4.90 Å². The number of amides is 1. The molecule has 2 aromatic carbocycles. The maximum atomic E-state index is 14.0. The summed E-state index contributed by atoms with van der Waals surface area (Å²) in [6.45, 7) is 3.21. The van der Waals surface area contributed by atoms with E-state index in [1.165, 1.54) is 19.1 Å². The van der Waals surface area contributed by atoms with Crippen LogP contribution in [-0.4, -0.2) is 42.8 Å². The first kappa shape index (κ1) is 18.9. The zero-order valence-electron chi connectivity index (χ0n) is 14.7. The van der Waals surface area contributed by atoms with Crippen LogP contribution >= 0.6 is 11.6 Å². The van der Waals surface area contributed by atoms with E-state index in [1.807, 2.05) is 4.90 Å². The fourth-order valence-corrected chi connectivity index (χ4v) is 3.25. The minimum absolute atomic E-state index is 0.0101. The molecule has 0 radical (unpaired) electrons. The summed E-state index contributed by atoms with van der Waals surface area (Å²) in [5, 5.41) is 9.58. The van der Waals surface area contributed by atoms with E-state index in [-0.39, 0.29) is 22.3 Å². The van der Waals surface area contributed by atoms with Crippen LogP contribution in [0.5, 0.6) is 0 Å². The number of anilines is 1. The molecule has 0 aromatic heterocycles. The van der Waals surface area contributed by atoms with Crippen LogP contribution in [0.3, 0.4) is 0 Å². The van der Waals surface area contributed by atoms with Crippen molar-refractivity contribution in [1.82, 2.24) is 4.90 Å². The molecule has 1 saturated heterocycles. The lowest BCUT2D eigenvalue weighted by molar-refractivity contribution is 0.0742. The third-order valence-corrected chi connectivity index (χ3v) is 4.83. The normalized spacial score (nSPS) is 14.0. The Bertz CT molecular complexity index is 947. The number of nitrogens with zero attached hydrogens (tertiary/aromatic N) is 3. The topological polar surface area (TPSA) is 64.4 Å². The third kappa shape index (κ3) is 3.93. The lowest BCUT2D eigenvalue weighted by Crippen LogP contribution is -2.49. The summed E-state index contributed by atoms with van der Waals surface area (Å²) in [5.41, 5.74) is 1.67. The monoisotopic (exact) mass is 385 g/mol. The summed E-state index contributed by atoms with van der Waals surface area (Å²) >= 11 is 5.74. The van der Waals surface area contributed by atoms with Gasteiger partial charge in [0, 0.05) is 36.8 Å². The lowest BCUT2D eigenvalue weighted by atomic mass is 10.1. The van der Waals surface area contributed by atoms with E-state index in [2.05, 4.69) is 6.07 Å². The van der Waals surface area contributed by atoms with Gasteiger partial charge in [-0.05, 0) is 43.3 Å². The number of ketones is 1. The molecular weight excluding hydrogens is 369 g/mol. The van der Waals surface area contributed by atoms with Crippen molar-refractivity contribution in [3.8, 4) is 6.07 Å². The van der Waals surface area contributed by atoms with Crippen molar-refractivity contribution in [3.05, 3.63) is 63.9 Å². The summed E-state index contributed by atoms with van der Waals surface area (Å²) in [4.78, 5) is 27.7. The number of benzene rings is 2. The van der Waals surface area contributed by atoms with Crippen LogP contribution in [0.15, 0.2) is 36.4 Å². The van der Waals surface area contributed by atoms with E-state index >= 15 is 0 Å². The first-order chi connectivity index (χ1) is 12.9. The minimum atomic E-state index is -0.643. The van der Waals surface area contributed by atoms with Gasteiger partial charge in [-0.2, -0.15) is 5.26 Å². The lowest BCUT2D eigenvalue weighted by Gasteiger charge is -2.36. The highest BCUT2D eigenvalue weighted by molar-refractivity contribution is 6.30. The third-order valence-electron chi connectivity index (χ3n) is 4.59. The smallest absolute Gasteiger partial charge is 0.256 e. The van der Waals surface area contributed by atoms with Crippen molar-refractivity contribution >= 4 is 29.0 Å². The first-order valence-electron chi connectivity index (χ1n) is 8.45. The quantitative estimate of drug-likeness (QED) is 0.758. The number of Topliss-reactive ketones (excluding diaryl/α,β-unsaturated/α-hetero) is 1. The van der Waals surface area contributed by atoms with Gasteiger partial charge in [-0.15, -0.1) is 0 Å². The number of nitriles is 1. The van der Waals surface area contributed by atoms with Crippen molar-refractivity contribution in [2.24, 2.45) is 0 Å². The largest absolute Gasteiger partial charge is 0.367 e. The van der Waals surface area contributed by atoms with Gasteiger partial charge in [0.15, 0.2) is 5.78 Å². The Labute approximate surface area is 161 Å². The van der Waals surface area contributed by atoms with E-state index in [4.69, 9.17) is 11.6 Å². The van der Waals surface area contributed by atoms with E-state index in [0.29, 0.717) is 43.0 Å². The van der Waals surface area contributed by atoms with Gasteiger partial charge in [0.1, 0.15) is 11.9 Å². The summed E-state index contributed by atoms with van der Waals surface area (Å²) in [6, 6.07) is 11.1. The van der Waals surface area contributed by atoms with Gasteiger partial charge in [-0.1, -0.05) is 11.6 Å². The highest BCUT2D eigenvalue weighted by atomic mass is 35.5. The van der Waals surface area contributed by atoms with Gasteiger partial charge >= 0.3 is 0 Å². The van der Waals surface area contributed by atoms with Crippen molar-refractivity contribution < 1.29 is 14.0 Å². The molecule has 0 aliphatic carbocycles. The number of halogens is 2. The number of carbonyl (C=O) groups excluding carboxylic acids is 2. The second-order valence-corrected chi connectivity index (χ2v) is 6.74. The van der Waals surface area contributed by atoms with Crippen LogP contribution in [0, 0.1) is 17.1 Å². The van der Waals surface area contributed by atoms with Gasteiger partial charge in [-0.25, -0.2) is 4.39 Å². The van der Waals surface area contributed by atoms with E-state index < -0.39 is 5.82 Å². The number of carbonyl (C=O) groups is 2. The fraction of sp³-hybridized carbons (Fsp3) is 0.250. The van der Waals surface area contributed by atoms with Crippen molar-refractivity contribution in [2.75, 3.05) is 31.1 Å². The Morgan fingerprint density at radius 1 is 1.11 bits per heavy atom. The SMILES string of the molecule is CC(=O)c1ccc(C#N)c(N2CCN(C(=O)c3ccc(Cl)cc3F)CC2)c1.